The summed E-state index contributed by atoms with van der Waals surface area (Å²) >= 11 is 23.7. The summed E-state index contributed by atoms with van der Waals surface area (Å²) in [6, 6.07) is 14.7. The summed E-state index contributed by atoms with van der Waals surface area (Å²) in [7, 11) is -3.88. The summed E-state index contributed by atoms with van der Waals surface area (Å²) in [5.74, 6) is -0.332. The molecule has 0 saturated heterocycles. The van der Waals surface area contributed by atoms with Crippen molar-refractivity contribution in [2.45, 2.75) is 4.90 Å². The first-order valence-electron chi connectivity index (χ1n) is 8.59. The number of halogens is 4. The number of sulfonamides is 1. The Morgan fingerprint density at radius 1 is 0.806 bits per heavy atom. The monoisotopic (exact) mass is 518 g/mol. The van der Waals surface area contributed by atoms with E-state index in [1.807, 2.05) is 0 Å². The van der Waals surface area contributed by atoms with Crippen LogP contribution in [0.2, 0.25) is 20.1 Å². The smallest absolute Gasteiger partial charge is 0.262 e. The molecule has 3 rings (SSSR count). The predicted molar refractivity (Wildman–Crippen MR) is 124 cm³/mol. The Morgan fingerprint density at radius 3 is 2.06 bits per heavy atom. The third-order valence-corrected chi connectivity index (χ3v) is 6.18. The van der Waals surface area contributed by atoms with Gasteiger partial charge in [-0.1, -0.05) is 46.4 Å². The van der Waals surface area contributed by atoms with Crippen molar-refractivity contribution in [3.8, 4) is 5.75 Å². The van der Waals surface area contributed by atoms with Crippen LogP contribution in [-0.2, 0) is 14.8 Å². The number of hydrogen-bond donors (Lipinski definition) is 2. The summed E-state index contributed by atoms with van der Waals surface area (Å²) in [6.07, 6.45) is 0. The lowest BCUT2D eigenvalue weighted by Crippen LogP contribution is -2.20. The minimum Gasteiger partial charge on any atom is -0.482 e. The molecule has 0 aliphatic rings. The molecule has 0 atom stereocenters. The molecule has 0 aromatic heterocycles. The van der Waals surface area contributed by atoms with Crippen LogP contribution < -0.4 is 14.8 Å². The van der Waals surface area contributed by atoms with E-state index in [-0.39, 0.29) is 22.3 Å². The van der Waals surface area contributed by atoms with Crippen molar-refractivity contribution in [3.63, 3.8) is 0 Å². The van der Waals surface area contributed by atoms with E-state index in [0.29, 0.717) is 26.4 Å². The Morgan fingerprint density at radius 2 is 1.45 bits per heavy atom. The number of amides is 1. The maximum absolute atomic E-state index is 12.5. The molecule has 162 valence electrons. The molecule has 0 saturated carbocycles. The van der Waals surface area contributed by atoms with Crippen molar-refractivity contribution >= 4 is 73.7 Å². The summed E-state index contributed by atoms with van der Waals surface area (Å²) < 4.78 is 32.9. The van der Waals surface area contributed by atoms with E-state index in [1.54, 1.807) is 12.1 Å². The minimum atomic E-state index is -3.88. The highest BCUT2D eigenvalue weighted by atomic mass is 35.5. The van der Waals surface area contributed by atoms with E-state index in [0.717, 1.165) is 0 Å². The van der Waals surface area contributed by atoms with Crippen molar-refractivity contribution in [2.75, 3.05) is 16.6 Å². The first kappa shape index (κ1) is 23.5. The molecule has 0 unspecified atom stereocenters. The quantitative estimate of drug-likeness (QED) is 0.394. The molecule has 0 fully saturated rings. The molecule has 11 heteroatoms. The lowest BCUT2D eigenvalue weighted by atomic mass is 10.3. The molecule has 0 bridgehead atoms. The first-order valence-corrected chi connectivity index (χ1v) is 11.6. The average Bonchev–Trinajstić information content (AvgIpc) is 2.68. The molecule has 0 heterocycles. The predicted octanol–water partition coefficient (Wildman–Crippen LogP) is 6.12. The van der Waals surface area contributed by atoms with Crippen molar-refractivity contribution in [1.82, 2.24) is 0 Å². The molecule has 31 heavy (non-hydrogen) atoms. The number of ether oxygens (including phenoxy) is 1. The van der Waals surface area contributed by atoms with Gasteiger partial charge >= 0.3 is 0 Å². The number of nitrogens with one attached hydrogen (secondary N) is 2. The van der Waals surface area contributed by atoms with Crippen LogP contribution in [0.5, 0.6) is 5.75 Å². The summed E-state index contributed by atoms with van der Waals surface area (Å²) in [5, 5.41) is 3.84. The van der Waals surface area contributed by atoms with Crippen LogP contribution in [0.15, 0.2) is 65.6 Å². The molecular weight excluding hydrogens is 506 g/mol. The molecule has 2 N–H and O–H groups in total. The molecular formula is C20H14Cl4N2O4S. The van der Waals surface area contributed by atoms with E-state index in [2.05, 4.69) is 10.0 Å². The van der Waals surface area contributed by atoms with Gasteiger partial charge < -0.3 is 10.1 Å². The van der Waals surface area contributed by atoms with Gasteiger partial charge in [0.1, 0.15) is 5.75 Å². The maximum atomic E-state index is 12.5. The maximum Gasteiger partial charge on any atom is 0.262 e. The summed E-state index contributed by atoms with van der Waals surface area (Å²) in [5.41, 5.74) is 0.755. The Hall–Kier alpha value is -2.16. The molecule has 1 amide bonds. The number of anilines is 2. The SMILES string of the molecule is O=C(COc1ccc(S(=O)(=O)Nc2ccc(Cl)cc2)cc1Cl)Nc1cc(Cl)cc(Cl)c1. The molecule has 0 aliphatic carbocycles. The van der Waals surface area contributed by atoms with Crippen LogP contribution in [0, 0.1) is 0 Å². The number of hydrogen-bond acceptors (Lipinski definition) is 4. The van der Waals surface area contributed by atoms with E-state index in [9.17, 15) is 13.2 Å². The van der Waals surface area contributed by atoms with Gasteiger partial charge in [-0.2, -0.15) is 0 Å². The second-order valence-electron chi connectivity index (χ2n) is 6.20. The topological polar surface area (TPSA) is 84.5 Å². The van der Waals surface area contributed by atoms with Gasteiger partial charge in [0.05, 0.1) is 9.92 Å². The van der Waals surface area contributed by atoms with Crippen LogP contribution in [0.1, 0.15) is 0 Å². The van der Waals surface area contributed by atoms with Crippen LogP contribution in [-0.4, -0.2) is 20.9 Å². The Kier molecular flexibility index (Phi) is 7.56. The lowest BCUT2D eigenvalue weighted by molar-refractivity contribution is -0.118. The van der Waals surface area contributed by atoms with Gasteiger partial charge in [0, 0.05) is 26.4 Å². The number of carbonyl (C=O) groups excluding carboxylic acids is 1. The standard InChI is InChI=1S/C20H14Cl4N2O4S/c21-12-1-3-15(4-2-12)26-31(28,29)17-5-6-19(18(24)10-17)30-11-20(27)25-16-8-13(22)7-14(23)9-16/h1-10,26H,11H2,(H,25,27). The van der Waals surface area contributed by atoms with Crippen molar-refractivity contribution in [3.05, 3.63) is 80.8 Å². The van der Waals surface area contributed by atoms with Gasteiger partial charge in [-0.05, 0) is 60.7 Å². The van der Waals surface area contributed by atoms with Crippen LogP contribution in [0.4, 0.5) is 11.4 Å². The second-order valence-corrected chi connectivity index (χ2v) is 9.60. The second kappa shape index (κ2) is 9.97. The van der Waals surface area contributed by atoms with Gasteiger partial charge in [-0.15, -0.1) is 0 Å². The van der Waals surface area contributed by atoms with E-state index < -0.39 is 15.9 Å². The fourth-order valence-corrected chi connectivity index (χ4v) is 4.50. The zero-order valence-electron chi connectivity index (χ0n) is 15.5. The van der Waals surface area contributed by atoms with Crippen LogP contribution in [0.25, 0.3) is 0 Å². The zero-order valence-corrected chi connectivity index (χ0v) is 19.4. The minimum absolute atomic E-state index is 0.0255. The van der Waals surface area contributed by atoms with Crippen LogP contribution >= 0.6 is 46.4 Å². The number of benzene rings is 3. The molecule has 0 radical (unpaired) electrons. The van der Waals surface area contributed by atoms with E-state index in [4.69, 9.17) is 51.1 Å². The molecule has 3 aromatic rings. The molecule has 3 aromatic carbocycles. The third-order valence-electron chi connectivity index (χ3n) is 3.82. The van der Waals surface area contributed by atoms with Crippen molar-refractivity contribution in [1.29, 1.82) is 0 Å². The molecule has 0 aliphatic heterocycles. The van der Waals surface area contributed by atoms with Gasteiger partial charge in [0.15, 0.2) is 6.61 Å². The molecule has 6 nitrogen and oxygen atoms in total. The zero-order chi connectivity index (χ0) is 22.6. The van der Waals surface area contributed by atoms with Gasteiger partial charge in [-0.3, -0.25) is 9.52 Å². The highest BCUT2D eigenvalue weighted by molar-refractivity contribution is 7.92. The fraction of sp³-hybridized carbons (Fsp3) is 0.0500. The Labute approximate surface area is 199 Å². The third kappa shape index (κ3) is 6.66. The van der Waals surface area contributed by atoms with Gasteiger partial charge in [0.2, 0.25) is 0 Å². The molecule has 0 spiro atoms. The highest BCUT2D eigenvalue weighted by Crippen LogP contribution is 2.29. The number of rotatable bonds is 7. The van der Waals surface area contributed by atoms with Crippen molar-refractivity contribution in [2.24, 2.45) is 0 Å². The Bertz CT molecular complexity index is 1200. The summed E-state index contributed by atoms with van der Waals surface area (Å²) in [6.45, 7) is -0.362. The van der Waals surface area contributed by atoms with E-state index >= 15 is 0 Å². The largest absolute Gasteiger partial charge is 0.482 e. The lowest BCUT2D eigenvalue weighted by Gasteiger charge is -2.12. The normalized spacial score (nSPS) is 11.1. The summed E-state index contributed by atoms with van der Waals surface area (Å²) in [4.78, 5) is 12.0. The Balaban J connectivity index is 1.64. The van der Waals surface area contributed by atoms with E-state index in [1.165, 1.54) is 48.5 Å². The highest BCUT2D eigenvalue weighted by Gasteiger charge is 2.17. The average molecular weight is 520 g/mol. The van der Waals surface area contributed by atoms with Gasteiger partial charge in [-0.25, -0.2) is 8.42 Å². The first-order chi connectivity index (χ1) is 14.6. The van der Waals surface area contributed by atoms with Crippen molar-refractivity contribution < 1.29 is 17.9 Å². The van der Waals surface area contributed by atoms with Crippen LogP contribution in [0.3, 0.4) is 0 Å². The fourth-order valence-electron chi connectivity index (χ4n) is 2.46. The number of carbonyl (C=O) groups is 1. The van der Waals surface area contributed by atoms with Gasteiger partial charge in [0.25, 0.3) is 15.9 Å².